The highest BCUT2D eigenvalue weighted by molar-refractivity contribution is 7.09. The second-order valence-electron chi connectivity index (χ2n) is 4.85. The molecule has 1 aromatic heterocycles. The van der Waals surface area contributed by atoms with Gasteiger partial charge in [0.05, 0.1) is 10.7 Å². The van der Waals surface area contributed by atoms with Crippen LogP contribution in [0.3, 0.4) is 0 Å². The third-order valence-corrected chi connectivity index (χ3v) is 4.61. The molecular weight excluding hydrogens is 308 g/mol. The molecule has 3 rings (SSSR count). The van der Waals surface area contributed by atoms with Gasteiger partial charge in [-0.2, -0.15) is 4.37 Å². The van der Waals surface area contributed by atoms with Crippen LogP contribution in [-0.2, 0) is 11.3 Å². The number of aromatic nitrogens is 2. The molecule has 2 aromatic rings. The van der Waals surface area contributed by atoms with Crippen molar-refractivity contribution in [3.05, 3.63) is 35.1 Å². The minimum Gasteiger partial charge on any atom is -0.377 e. The third-order valence-electron chi connectivity index (χ3n) is 3.47. The maximum atomic E-state index is 6.26. The van der Waals surface area contributed by atoms with Crippen molar-refractivity contribution in [2.24, 2.45) is 0 Å². The summed E-state index contributed by atoms with van der Waals surface area (Å²) in [6, 6.07) is 7.99. The van der Waals surface area contributed by atoms with Crippen molar-refractivity contribution in [3.8, 4) is 0 Å². The first kappa shape index (κ1) is 14.6. The summed E-state index contributed by atoms with van der Waals surface area (Å²) in [5.41, 5.74) is 1.11. The molecule has 7 heteroatoms. The quantitative estimate of drug-likeness (QED) is 0.865. The molecule has 0 radical (unpaired) electrons. The molecule has 2 heterocycles. The molecule has 1 saturated heterocycles. The van der Waals surface area contributed by atoms with Crippen molar-refractivity contribution in [2.45, 2.75) is 6.61 Å². The minimum absolute atomic E-state index is 0.468. The highest BCUT2D eigenvalue weighted by Crippen LogP contribution is 2.27. The van der Waals surface area contributed by atoms with Gasteiger partial charge in [0, 0.05) is 44.8 Å². The van der Waals surface area contributed by atoms with E-state index in [4.69, 9.17) is 16.3 Å². The van der Waals surface area contributed by atoms with Crippen molar-refractivity contribution in [1.29, 1.82) is 0 Å². The topological polar surface area (TPSA) is 41.5 Å². The highest BCUT2D eigenvalue weighted by atomic mass is 35.5. The van der Waals surface area contributed by atoms with Crippen molar-refractivity contribution in [1.82, 2.24) is 9.36 Å². The van der Waals surface area contributed by atoms with Crippen molar-refractivity contribution >= 4 is 34.0 Å². The Morgan fingerprint density at radius 2 is 1.90 bits per heavy atom. The van der Waals surface area contributed by atoms with E-state index in [0.717, 1.165) is 47.8 Å². The van der Waals surface area contributed by atoms with E-state index in [0.29, 0.717) is 6.61 Å². The Labute approximate surface area is 133 Å². The first-order chi connectivity index (χ1) is 10.3. The lowest BCUT2D eigenvalue weighted by Gasteiger charge is -2.36. The molecule has 0 atom stereocenters. The summed E-state index contributed by atoms with van der Waals surface area (Å²) in [5.74, 6) is 0.756. The van der Waals surface area contributed by atoms with Gasteiger partial charge in [-0.15, -0.1) is 0 Å². The van der Waals surface area contributed by atoms with E-state index in [1.165, 1.54) is 11.5 Å². The molecule has 0 spiro atoms. The van der Waals surface area contributed by atoms with Gasteiger partial charge < -0.3 is 14.5 Å². The van der Waals surface area contributed by atoms with Gasteiger partial charge in [-0.1, -0.05) is 23.7 Å². The maximum Gasteiger partial charge on any atom is 0.205 e. The summed E-state index contributed by atoms with van der Waals surface area (Å²) in [4.78, 5) is 9.09. The molecule has 21 heavy (non-hydrogen) atoms. The van der Waals surface area contributed by atoms with E-state index in [-0.39, 0.29) is 0 Å². The molecule has 0 aliphatic carbocycles. The average molecular weight is 325 g/mol. The van der Waals surface area contributed by atoms with Gasteiger partial charge in [-0.25, -0.2) is 4.98 Å². The van der Waals surface area contributed by atoms with E-state index in [9.17, 15) is 0 Å². The van der Waals surface area contributed by atoms with Crippen molar-refractivity contribution in [3.63, 3.8) is 0 Å². The van der Waals surface area contributed by atoms with Gasteiger partial charge in [0.15, 0.2) is 5.82 Å². The Balaban J connectivity index is 1.63. The second-order valence-corrected chi connectivity index (χ2v) is 5.99. The predicted octanol–water partition coefficient (Wildman–Crippen LogP) is 2.66. The average Bonchev–Trinajstić information content (AvgIpc) is 2.97. The molecule has 1 aliphatic rings. The number of para-hydroxylation sites is 1. The fourth-order valence-electron chi connectivity index (χ4n) is 2.41. The van der Waals surface area contributed by atoms with Crippen LogP contribution in [0.5, 0.6) is 0 Å². The number of piperazine rings is 1. The summed E-state index contributed by atoms with van der Waals surface area (Å²) in [7, 11) is 1.66. The van der Waals surface area contributed by atoms with Gasteiger partial charge in [0.25, 0.3) is 0 Å². The van der Waals surface area contributed by atoms with Crippen LogP contribution in [0.1, 0.15) is 5.82 Å². The zero-order valence-corrected chi connectivity index (χ0v) is 13.4. The van der Waals surface area contributed by atoms with Crippen LogP contribution in [0.25, 0.3) is 0 Å². The fourth-order valence-corrected chi connectivity index (χ4v) is 3.39. The van der Waals surface area contributed by atoms with E-state index in [1.54, 1.807) is 7.11 Å². The van der Waals surface area contributed by atoms with E-state index in [2.05, 4.69) is 25.2 Å². The number of nitrogens with zero attached hydrogens (tertiary/aromatic N) is 4. The molecule has 1 aromatic carbocycles. The predicted molar refractivity (Wildman–Crippen MR) is 86.5 cm³/mol. The van der Waals surface area contributed by atoms with E-state index >= 15 is 0 Å². The molecule has 0 N–H and O–H groups in total. The van der Waals surface area contributed by atoms with Gasteiger partial charge in [-0.3, -0.25) is 0 Å². The van der Waals surface area contributed by atoms with Crippen LogP contribution in [0, 0.1) is 0 Å². The zero-order valence-electron chi connectivity index (χ0n) is 11.8. The molecule has 5 nitrogen and oxygen atoms in total. The Morgan fingerprint density at radius 3 is 2.62 bits per heavy atom. The van der Waals surface area contributed by atoms with Crippen LogP contribution in [0.4, 0.5) is 10.8 Å². The Bertz CT molecular complexity index is 598. The largest absolute Gasteiger partial charge is 0.377 e. The number of anilines is 2. The Hall–Kier alpha value is -1.37. The summed E-state index contributed by atoms with van der Waals surface area (Å²) >= 11 is 7.70. The SMILES string of the molecule is COCc1nsc(N2CCN(c3ccccc3Cl)CC2)n1. The highest BCUT2D eigenvalue weighted by Gasteiger charge is 2.21. The lowest BCUT2D eigenvalue weighted by Crippen LogP contribution is -2.46. The van der Waals surface area contributed by atoms with Crippen LogP contribution in [0.2, 0.25) is 5.02 Å². The summed E-state index contributed by atoms with van der Waals surface area (Å²) in [6.07, 6.45) is 0. The molecular formula is C14H17ClN4OS. The van der Waals surface area contributed by atoms with E-state index in [1.807, 2.05) is 18.2 Å². The van der Waals surface area contributed by atoms with Crippen LogP contribution in [-0.4, -0.2) is 42.6 Å². The molecule has 0 saturated carbocycles. The fraction of sp³-hybridized carbons (Fsp3) is 0.429. The van der Waals surface area contributed by atoms with Crippen molar-refractivity contribution in [2.75, 3.05) is 43.1 Å². The number of rotatable bonds is 4. The van der Waals surface area contributed by atoms with Gasteiger partial charge in [0.1, 0.15) is 6.61 Å². The number of halogens is 1. The van der Waals surface area contributed by atoms with Gasteiger partial charge >= 0.3 is 0 Å². The standard InChI is InChI=1S/C14H17ClN4OS/c1-20-10-13-16-14(21-17-13)19-8-6-18(7-9-19)12-5-3-2-4-11(12)15/h2-5H,6-10H2,1H3. The van der Waals surface area contributed by atoms with Gasteiger partial charge in [0.2, 0.25) is 5.13 Å². The number of ether oxygens (including phenoxy) is 1. The monoisotopic (exact) mass is 324 g/mol. The normalized spacial score (nSPS) is 15.5. The molecule has 1 aliphatic heterocycles. The summed E-state index contributed by atoms with van der Waals surface area (Å²) < 4.78 is 9.36. The smallest absolute Gasteiger partial charge is 0.205 e. The maximum absolute atomic E-state index is 6.26. The number of benzene rings is 1. The number of hydrogen-bond acceptors (Lipinski definition) is 6. The molecule has 112 valence electrons. The summed E-state index contributed by atoms with van der Waals surface area (Å²) in [6.45, 7) is 4.18. The van der Waals surface area contributed by atoms with Crippen LogP contribution >= 0.6 is 23.1 Å². The number of hydrogen-bond donors (Lipinski definition) is 0. The lowest BCUT2D eigenvalue weighted by molar-refractivity contribution is 0.179. The minimum atomic E-state index is 0.468. The Morgan fingerprint density at radius 1 is 1.19 bits per heavy atom. The lowest BCUT2D eigenvalue weighted by atomic mass is 10.2. The molecule has 0 bridgehead atoms. The van der Waals surface area contributed by atoms with Crippen molar-refractivity contribution < 1.29 is 4.74 Å². The van der Waals surface area contributed by atoms with Crippen LogP contribution < -0.4 is 9.80 Å². The number of methoxy groups -OCH3 is 1. The zero-order chi connectivity index (χ0) is 14.7. The van der Waals surface area contributed by atoms with E-state index < -0.39 is 0 Å². The molecule has 1 fully saturated rings. The molecule has 0 amide bonds. The van der Waals surface area contributed by atoms with Crippen LogP contribution in [0.15, 0.2) is 24.3 Å². The third kappa shape index (κ3) is 3.28. The first-order valence-electron chi connectivity index (χ1n) is 6.84. The van der Waals surface area contributed by atoms with Gasteiger partial charge in [-0.05, 0) is 12.1 Å². The first-order valence-corrected chi connectivity index (χ1v) is 7.99. The summed E-state index contributed by atoms with van der Waals surface area (Å²) in [5, 5.41) is 1.78. The Kier molecular flexibility index (Phi) is 4.57. The second kappa shape index (κ2) is 6.60. The molecule has 0 unspecified atom stereocenters.